The fourth-order valence-corrected chi connectivity index (χ4v) is 2.79. The van der Waals surface area contributed by atoms with Gasteiger partial charge in [0.2, 0.25) is 0 Å². The minimum Gasteiger partial charge on any atom is -0.367 e. The monoisotopic (exact) mass is 288 g/mol. The molecule has 1 aromatic carbocycles. The van der Waals surface area contributed by atoms with Crippen molar-refractivity contribution in [3.63, 3.8) is 0 Å². The number of benzene rings is 1. The van der Waals surface area contributed by atoms with Crippen LogP contribution < -0.4 is 4.89 Å². The average molecular weight is 288 g/mol. The van der Waals surface area contributed by atoms with E-state index in [9.17, 15) is 0 Å². The molecule has 2 heterocycles. The van der Waals surface area contributed by atoms with Gasteiger partial charge in [0, 0.05) is 5.56 Å². The van der Waals surface area contributed by atoms with Crippen molar-refractivity contribution in [3.05, 3.63) is 41.0 Å². The molecule has 2 aliphatic heterocycles. The molecule has 0 amide bonds. The highest BCUT2D eigenvalue weighted by Gasteiger charge is 2.46. The number of rotatable bonds is 6. The van der Waals surface area contributed by atoms with E-state index in [1.165, 1.54) is 11.1 Å². The number of epoxide rings is 1. The minimum absolute atomic E-state index is 0.118. The highest BCUT2D eigenvalue weighted by Crippen LogP contribution is 2.38. The molecule has 1 unspecified atom stereocenters. The molecule has 21 heavy (non-hydrogen) atoms. The molecule has 0 bridgehead atoms. The fraction of sp³-hybridized carbons (Fsp3) is 0.556. The lowest BCUT2D eigenvalue weighted by Crippen LogP contribution is -2.02. The zero-order valence-corrected chi connectivity index (χ0v) is 13.1. The van der Waals surface area contributed by atoms with Crippen molar-refractivity contribution < 1.29 is 14.5 Å². The summed E-state index contributed by atoms with van der Waals surface area (Å²) in [6, 6.07) is 6.35. The first-order valence-electron chi connectivity index (χ1n) is 7.79. The molecule has 3 nitrogen and oxygen atoms in total. The van der Waals surface area contributed by atoms with Crippen molar-refractivity contribution in [3.8, 4) is 5.75 Å². The molecule has 0 N–H and O–H groups in total. The zero-order valence-electron chi connectivity index (χ0n) is 13.1. The first kappa shape index (κ1) is 14.6. The zero-order chi connectivity index (χ0) is 14.9. The van der Waals surface area contributed by atoms with E-state index in [1.54, 1.807) is 0 Å². The summed E-state index contributed by atoms with van der Waals surface area (Å²) in [5.74, 6) is 0.876. The van der Waals surface area contributed by atoms with Gasteiger partial charge in [-0.2, -0.15) is 4.89 Å². The molecule has 1 fully saturated rings. The molecule has 0 spiro atoms. The molecule has 0 aliphatic carbocycles. The number of hydrogen-bond acceptors (Lipinski definition) is 3. The topological polar surface area (TPSA) is 31.0 Å². The van der Waals surface area contributed by atoms with E-state index in [0.717, 1.165) is 37.0 Å². The summed E-state index contributed by atoms with van der Waals surface area (Å²) in [5, 5.41) is 0. The van der Waals surface area contributed by atoms with Gasteiger partial charge in [-0.15, -0.1) is 0 Å². The van der Waals surface area contributed by atoms with Gasteiger partial charge in [-0.3, -0.25) is 0 Å². The van der Waals surface area contributed by atoms with Crippen molar-refractivity contribution in [1.29, 1.82) is 0 Å². The Bertz CT molecular complexity index is 545. The van der Waals surface area contributed by atoms with Crippen LogP contribution in [0.5, 0.6) is 5.75 Å². The summed E-state index contributed by atoms with van der Waals surface area (Å²) in [5.41, 5.74) is 4.02. The molecular formula is C18H24O3. The third kappa shape index (κ3) is 3.66. The van der Waals surface area contributed by atoms with E-state index in [-0.39, 0.29) is 5.60 Å². The van der Waals surface area contributed by atoms with Crippen LogP contribution in [0.2, 0.25) is 0 Å². The van der Waals surface area contributed by atoms with Crippen LogP contribution in [0.25, 0.3) is 0 Å². The number of fused-ring (bicyclic) bond motifs is 1. The maximum absolute atomic E-state index is 5.62. The predicted molar refractivity (Wildman–Crippen MR) is 82.1 cm³/mol. The van der Waals surface area contributed by atoms with E-state index < -0.39 is 0 Å². The molecular weight excluding hydrogens is 264 g/mol. The Morgan fingerprint density at radius 1 is 1.38 bits per heavy atom. The number of aryl methyl sites for hydroxylation is 1. The quantitative estimate of drug-likeness (QED) is 0.443. The van der Waals surface area contributed by atoms with Crippen molar-refractivity contribution in [1.82, 2.24) is 0 Å². The summed E-state index contributed by atoms with van der Waals surface area (Å²) >= 11 is 0. The Kier molecular flexibility index (Phi) is 4.05. The number of ether oxygens (including phenoxy) is 1. The Labute approximate surface area is 126 Å². The van der Waals surface area contributed by atoms with E-state index in [4.69, 9.17) is 14.5 Å². The second-order valence-corrected chi connectivity index (χ2v) is 6.63. The van der Waals surface area contributed by atoms with Gasteiger partial charge < -0.3 is 9.62 Å². The minimum atomic E-state index is 0.118. The maximum Gasteiger partial charge on any atom is 0.171 e. The van der Waals surface area contributed by atoms with Gasteiger partial charge >= 0.3 is 0 Å². The maximum atomic E-state index is 5.62. The molecule has 0 saturated carbocycles. The fourth-order valence-electron chi connectivity index (χ4n) is 2.79. The van der Waals surface area contributed by atoms with Crippen LogP contribution in [0.15, 0.2) is 29.8 Å². The van der Waals surface area contributed by atoms with Gasteiger partial charge in [0.25, 0.3) is 0 Å². The Morgan fingerprint density at radius 3 is 2.95 bits per heavy atom. The Morgan fingerprint density at radius 2 is 2.19 bits per heavy atom. The summed E-state index contributed by atoms with van der Waals surface area (Å²) in [6.07, 6.45) is 7.18. The third-order valence-corrected chi connectivity index (χ3v) is 4.39. The van der Waals surface area contributed by atoms with Crippen molar-refractivity contribution >= 4 is 0 Å². The van der Waals surface area contributed by atoms with E-state index in [2.05, 4.69) is 45.0 Å². The predicted octanol–water partition coefficient (Wildman–Crippen LogP) is 4.35. The Hall–Kier alpha value is -1.32. The molecule has 3 heteroatoms. The lowest BCUT2D eigenvalue weighted by Gasteiger charge is -2.03. The largest absolute Gasteiger partial charge is 0.367 e. The first-order valence-corrected chi connectivity index (χ1v) is 7.79. The van der Waals surface area contributed by atoms with Crippen LogP contribution in [0, 0.1) is 0 Å². The van der Waals surface area contributed by atoms with Crippen LogP contribution >= 0.6 is 0 Å². The first-order chi connectivity index (χ1) is 10.0. The van der Waals surface area contributed by atoms with Gasteiger partial charge in [-0.1, -0.05) is 23.8 Å². The summed E-state index contributed by atoms with van der Waals surface area (Å²) in [4.78, 5) is 10.1. The van der Waals surface area contributed by atoms with Crippen LogP contribution in [0.1, 0.15) is 51.2 Å². The standard InChI is InChI=1S/C18H24O3/c1-13(7-10-17-18(2,3)20-17)5-4-6-14-8-9-15-12-19-21-16(15)11-14/h5,8-9,11,17H,4,6-7,10,12H2,1-3H3/b13-5+. The summed E-state index contributed by atoms with van der Waals surface area (Å²) < 4.78 is 5.62. The van der Waals surface area contributed by atoms with Gasteiger partial charge in [-0.25, -0.2) is 0 Å². The van der Waals surface area contributed by atoms with E-state index >= 15 is 0 Å². The van der Waals surface area contributed by atoms with Crippen molar-refractivity contribution in [2.24, 2.45) is 0 Å². The normalized spacial score (nSPS) is 22.8. The molecule has 1 atom stereocenters. The molecule has 0 radical (unpaired) electrons. The van der Waals surface area contributed by atoms with Gasteiger partial charge in [0.1, 0.15) is 6.61 Å². The third-order valence-electron chi connectivity index (χ3n) is 4.39. The second kappa shape index (κ2) is 5.82. The molecule has 3 rings (SSSR count). The summed E-state index contributed by atoms with van der Waals surface area (Å²) in [6.45, 7) is 7.11. The van der Waals surface area contributed by atoms with Crippen LogP contribution in [0.4, 0.5) is 0 Å². The smallest absolute Gasteiger partial charge is 0.171 e. The van der Waals surface area contributed by atoms with Crippen LogP contribution in [-0.2, 0) is 22.7 Å². The molecule has 1 saturated heterocycles. The second-order valence-electron chi connectivity index (χ2n) is 6.63. The van der Waals surface area contributed by atoms with Crippen molar-refractivity contribution in [2.75, 3.05) is 0 Å². The number of allylic oxidation sites excluding steroid dienone is 2. The average Bonchev–Trinajstić information content (AvgIpc) is 2.86. The highest BCUT2D eigenvalue weighted by molar-refractivity contribution is 5.38. The molecule has 1 aromatic rings. The molecule has 0 aromatic heterocycles. The van der Waals surface area contributed by atoms with Gasteiger partial charge in [0.05, 0.1) is 11.7 Å². The highest BCUT2D eigenvalue weighted by atomic mass is 17.2. The lowest BCUT2D eigenvalue weighted by atomic mass is 10.0. The number of hydrogen-bond donors (Lipinski definition) is 0. The van der Waals surface area contributed by atoms with Gasteiger partial charge in [0.15, 0.2) is 5.75 Å². The van der Waals surface area contributed by atoms with E-state index in [0.29, 0.717) is 12.7 Å². The van der Waals surface area contributed by atoms with Crippen LogP contribution in [0.3, 0.4) is 0 Å². The Balaban J connectivity index is 1.43. The van der Waals surface area contributed by atoms with Crippen molar-refractivity contribution in [2.45, 2.75) is 64.8 Å². The lowest BCUT2D eigenvalue weighted by molar-refractivity contribution is -0.194. The molecule has 2 aliphatic rings. The SMILES string of the molecule is C/C(=C\CCc1ccc2c(c1)OOC2)CCC1OC1(C)C. The molecule has 114 valence electrons. The van der Waals surface area contributed by atoms with Crippen LogP contribution in [-0.4, -0.2) is 11.7 Å². The van der Waals surface area contributed by atoms with Gasteiger partial charge in [-0.05, 0) is 58.1 Å². The summed E-state index contributed by atoms with van der Waals surface area (Å²) in [7, 11) is 0. The van der Waals surface area contributed by atoms with E-state index in [1.807, 2.05) is 0 Å².